The van der Waals surface area contributed by atoms with E-state index in [0.29, 0.717) is 21.7 Å². The van der Waals surface area contributed by atoms with Crippen LogP contribution >= 0.6 is 11.6 Å². The molecule has 0 aliphatic rings. The van der Waals surface area contributed by atoms with Crippen LogP contribution in [0.1, 0.15) is 16.7 Å². The summed E-state index contributed by atoms with van der Waals surface area (Å²) < 4.78 is 4.55. The van der Waals surface area contributed by atoms with E-state index in [-0.39, 0.29) is 18.9 Å². The Balaban J connectivity index is 3.13. The van der Waals surface area contributed by atoms with E-state index < -0.39 is 0 Å². The number of nitrogens with two attached hydrogens (primary N) is 1. The maximum Gasteiger partial charge on any atom is 0.309 e. The van der Waals surface area contributed by atoms with Gasteiger partial charge in [-0.1, -0.05) is 17.7 Å². The van der Waals surface area contributed by atoms with Crippen molar-refractivity contribution in [3.05, 3.63) is 33.8 Å². The molecule has 1 rings (SSSR count). The Labute approximate surface area is 98.6 Å². The number of ether oxygens (including phenoxy) is 1. The second-order valence-corrected chi connectivity index (χ2v) is 3.56. The molecule has 0 spiro atoms. The van der Waals surface area contributed by atoms with Crippen LogP contribution in [-0.4, -0.2) is 13.1 Å². The molecule has 0 saturated carbocycles. The van der Waals surface area contributed by atoms with Crippen molar-refractivity contribution in [2.45, 2.75) is 13.0 Å². The van der Waals surface area contributed by atoms with Crippen LogP contribution in [0.3, 0.4) is 0 Å². The van der Waals surface area contributed by atoms with Gasteiger partial charge in [0, 0.05) is 6.54 Å². The van der Waals surface area contributed by atoms with Gasteiger partial charge in [-0.25, -0.2) is 0 Å². The van der Waals surface area contributed by atoms with E-state index in [1.54, 1.807) is 12.1 Å². The average Bonchev–Trinajstić information content (AvgIpc) is 2.30. The number of hydrogen-bond acceptors (Lipinski definition) is 4. The minimum absolute atomic E-state index is 0.106. The number of methoxy groups -OCH3 is 1. The maximum atomic E-state index is 11.1. The molecule has 0 aromatic heterocycles. The second kappa shape index (κ2) is 5.50. The summed E-state index contributed by atoms with van der Waals surface area (Å²) in [6.07, 6.45) is 0.106. The molecule has 0 radical (unpaired) electrons. The third kappa shape index (κ3) is 2.72. The number of rotatable bonds is 3. The van der Waals surface area contributed by atoms with E-state index in [1.165, 1.54) is 7.11 Å². The molecule has 84 valence electrons. The number of hydrogen-bond donors (Lipinski definition) is 1. The summed E-state index contributed by atoms with van der Waals surface area (Å²) in [4.78, 5) is 11.1. The Hall–Kier alpha value is -1.57. The molecule has 0 saturated heterocycles. The van der Waals surface area contributed by atoms with E-state index in [9.17, 15) is 4.79 Å². The number of carbonyl (C=O) groups is 1. The van der Waals surface area contributed by atoms with Gasteiger partial charge >= 0.3 is 5.97 Å². The lowest BCUT2D eigenvalue weighted by Gasteiger charge is -2.07. The third-order valence-corrected chi connectivity index (χ3v) is 2.57. The Bertz CT molecular complexity index is 452. The molecular weight excluding hydrogens is 228 g/mol. The standard InChI is InChI=1S/C11H11ClN2O2/c1-16-10(15)4-7-2-8(5-13)11(12)9(3-7)6-14/h2-3H,4-5,13H2,1H3. The SMILES string of the molecule is COC(=O)Cc1cc(C#N)c(Cl)c(CN)c1. The smallest absolute Gasteiger partial charge is 0.309 e. The fourth-order valence-electron chi connectivity index (χ4n) is 1.32. The quantitative estimate of drug-likeness (QED) is 0.808. The van der Waals surface area contributed by atoms with E-state index in [1.807, 2.05) is 6.07 Å². The molecule has 0 fully saturated rings. The minimum Gasteiger partial charge on any atom is -0.469 e. The highest BCUT2D eigenvalue weighted by atomic mass is 35.5. The normalized spacial score (nSPS) is 9.62. The summed E-state index contributed by atoms with van der Waals surface area (Å²) in [5, 5.41) is 9.21. The molecule has 0 aliphatic heterocycles. The Morgan fingerprint density at radius 2 is 2.31 bits per heavy atom. The monoisotopic (exact) mass is 238 g/mol. The number of carbonyl (C=O) groups excluding carboxylic acids is 1. The molecule has 0 bridgehead atoms. The van der Waals surface area contributed by atoms with E-state index >= 15 is 0 Å². The Morgan fingerprint density at radius 3 is 2.81 bits per heavy atom. The molecule has 0 unspecified atom stereocenters. The van der Waals surface area contributed by atoms with Crippen molar-refractivity contribution in [3.8, 4) is 6.07 Å². The van der Waals surface area contributed by atoms with Gasteiger partial charge < -0.3 is 10.5 Å². The largest absolute Gasteiger partial charge is 0.469 e. The number of benzene rings is 1. The molecular formula is C11H11ClN2O2. The van der Waals surface area contributed by atoms with Gasteiger partial charge in [-0.2, -0.15) is 5.26 Å². The summed E-state index contributed by atoms with van der Waals surface area (Å²) in [7, 11) is 1.31. The third-order valence-electron chi connectivity index (χ3n) is 2.12. The molecule has 0 aliphatic carbocycles. The van der Waals surface area contributed by atoms with Crippen LogP contribution in [0.15, 0.2) is 12.1 Å². The molecule has 16 heavy (non-hydrogen) atoms. The molecule has 4 nitrogen and oxygen atoms in total. The van der Waals surface area contributed by atoms with Crippen LogP contribution in [0, 0.1) is 11.3 Å². The highest BCUT2D eigenvalue weighted by molar-refractivity contribution is 6.32. The summed E-state index contributed by atoms with van der Waals surface area (Å²) in [6, 6.07) is 5.24. The van der Waals surface area contributed by atoms with Crippen molar-refractivity contribution in [1.82, 2.24) is 0 Å². The summed E-state index contributed by atoms with van der Waals surface area (Å²) in [6.45, 7) is 0.225. The van der Waals surface area contributed by atoms with E-state index in [2.05, 4.69) is 4.74 Å². The summed E-state index contributed by atoms with van der Waals surface area (Å²) >= 11 is 5.93. The predicted octanol–water partition coefficient (Wildman–Crippen LogP) is 1.39. The molecule has 0 heterocycles. The first-order chi connectivity index (χ1) is 7.62. The Kier molecular flexibility index (Phi) is 4.29. The summed E-state index contributed by atoms with van der Waals surface area (Å²) in [5.41, 5.74) is 7.15. The van der Waals surface area contributed by atoms with Gasteiger partial charge in [0.1, 0.15) is 6.07 Å². The fourth-order valence-corrected chi connectivity index (χ4v) is 1.55. The van der Waals surface area contributed by atoms with Gasteiger partial charge in [-0.05, 0) is 17.2 Å². The molecule has 1 aromatic rings. The van der Waals surface area contributed by atoms with E-state index in [4.69, 9.17) is 22.6 Å². The van der Waals surface area contributed by atoms with Crippen molar-refractivity contribution in [2.75, 3.05) is 7.11 Å². The van der Waals surface area contributed by atoms with Crippen molar-refractivity contribution in [3.63, 3.8) is 0 Å². The van der Waals surface area contributed by atoms with Gasteiger partial charge in [0.15, 0.2) is 0 Å². The number of halogens is 1. The van der Waals surface area contributed by atoms with Crippen LogP contribution in [0.5, 0.6) is 0 Å². The molecule has 2 N–H and O–H groups in total. The first-order valence-corrected chi connectivity index (χ1v) is 4.98. The van der Waals surface area contributed by atoms with Crippen LogP contribution in [0.4, 0.5) is 0 Å². The zero-order valence-corrected chi connectivity index (χ0v) is 9.54. The van der Waals surface area contributed by atoms with Crippen molar-refractivity contribution >= 4 is 17.6 Å². The number of nitriles is 1. The fraction of sp³-hybridized carbons (Fsp3) is 0.273. The van der Waals surface area contributed by atoms with Gasteiger partial charge in [0.05, 0.1) is 24.1 Å². The van der Waals surface area contributed by atoms with Gasteiger partial charge in [0.25, 0.3) is 0 Å². The van der Waals surface area contributed by atoms with E-state index in [0.717, 1.165) is 0 Å². The van der Waals surface area contributed by atoms with Crippen LogP contribution in [0.2, 0.25) is 5.02 Å². The number of nitrogens with zero attached hydrogens (tertiary/aromatic N) is 1. The number of esters is 1. The van der Waals surface area contributed by atoms with Gasteiger partial charge in [-0.15, -0.1) is 0 Å². The van der Waals surface area contributed by atoms with Crippen LogP contribution < -0.4 is 5.73 Å². The van der Waals surface area contributed by atoms with Gasteiger partial charge in [0.2, 0.25) is 0 Å². The van der Waals surface area contributed by atoms with Crippen molar-refractivity contribution in [1.29, 1.82) is 5.26 Å². The van der Waals surface area contributed by atoms with Crippen LogP contribution in [-0.2, 0) is 22.5 Å². The maximum absolute atomic E-state index is 11.1. The zero-order valence-electron chi connectivity index (χ0n) is 8.79. The molecule has 1 aromatic carbocycles. The Morgan fingerprint density at radius 1 is 1.62 bits per heavy atom. The molecule has 0 atom stereocenters. The average molecular weight is 239 g/mol. The van der Waals surface area contributed by atoms with Crippen LogP contribution in [0.25, 0.3) is 0 Å². The van der Waals surface area contributed by atoms with Crippen molar-refractivity contribution < 1.29 is 9.53 Å². The lowest BCUT2D eigenvalue weighted by Crippen LogP contribution is -2.07. The van der Waals surface area contributed by atoms with Gasteiger partial charge in [-0.3, -0.25) is 4.79 Å². The lowest BCUT2D eigenvalue weighted by atomic mass is 10.0. The first-order valence-electron chi connectivity index (χ1n) is 4.60. The van der Waals surface area contributed by atoms with Crippen molar-refractivity contribution in [2.24, 2.45) is 5.73 Å². The highest BCUT2D eigenvalue weighted by Gasteiger charge is 2.10. The predicted molar refractivity (Wildman–Crippen MR) is 59.8 cm³/mol. The molecule has 0 amide bonds. The molecule has 5 heteroatoms. The topological polar surface area (TPSA) is 76.1 Å². The minimum atomic E-state index is -0.366. The first kappa shape index (κ1) is 12.5. The second-order valence-electron chi connectivity index (χ2n) is 3.19. The zero-order chi connectivity index (χ0) is 12.1. The summed E-state index contributed by atoms with van der Waals surface area (Å²) in [5.74, 6) is -0.366. The lowest BCUT2D eigenvalue weighted by molar-refractivity contribution is -0.139. The highest BCUT2D eigenvalue weighted by Crippen LogP contribution is 2.22.